The van der Waals surface area contributed by atoms with E-state index in [0.717, 1.165) is 0 Å². The van der Waals surface area contributed by atoms with Gasteiger partial charge in [0.2, 0.25) is 0 Å². The average Bonchev–Trinajstić information content (AvgIpc) is 3.24. The van der Waals surface area contributed by atoms with Crippen LogP contribution in [0.4, 0.5) is 0 Å². The van der Waals surface area contributed by atoms with E-state index in [1.54, 1.807) is 55.5 Å². The number of methoxy groups -OCH3 is 4. The summed E-state index contributed by atoms with van der Waals surface area (Å²) in [6.45, 7) is 1.38. The lowest BCUT2D eigenvalue weighted by atomic mass is 10.1. The molecule has 0 aliphatic heterocycles. The van der Waals surface area contributed by atoms with Crippen molar-refractivity contribution in [2.24, 2.45) is 10.2 Å². The highest BCUT2D eigenvalue weighted by Crippen LogP contribution is 2.28. The van der Waals surface area contributed by atoms with Crippen molar-refractivity contribution in [2.45, 2.75) is 6.92 Å². The fourth-order valence-electron chi connectivity index (χ4n) is 4.34. The Bertz CT molecular complexity index is 1960. The van der Waals surface area contributed by atoms with Crippen LogP contribution in [-0.2, 0) is 9.59 Å². The van der Waals surface area contributed by atoms with Gasteiger partial charge in [-0.3, -0.25) is 19.2 Å². The number of aromatic carboxylic acids is 2. The molecule has 0 heterocycles. The molecular formula is C40H44N6O13. The van der Waals surface area contributed by atoms with Gasteiger partial charge in [-0.05, 0) is 78.7 Å². The second kappa shape index (κ2) is 25.4. The number of hydrogen-bond donors (Lipinski definition) is 7. The summed E-state index contributed by atoms with van der Waals surface area (Å²) in [4.78, 5) is 69.3. The molecule has 0 bridgehead atoms. The molecule has 19 heteroatoms. The first kappa shape index (κ1) is 47.4. The maximum Gasteiger partial charge on any atom is 0.335 e. The van der Waals surface area contributed by atoms with Gasteiger partial charge in [-0.2, -0.15) is 10.2 Å². The smallest absolute Gasteiger partial charge is 0.335 e. The minimum Gasteiger partial charge on any atom is -0.493 e. The van der Waals surface area contributed by atoms with Gasteiger partial charge in [0.25, 0.3) is 23.6 Å². The normalized spacial score (nSPS) is 10.1. The third kappa shape index (κ3) is 16.5. The number of nitrogens with one attached hydrogen (secondary N) is 4. The van der Waals surface area contributed by atoms with Crippen molar-refractivity contribution >= 4 is 48.0 Å². The Morgan fingerprint density at radius 3 is 1.12 bits per heavy atom. The Labute approximate surface area is 338 Å². The van der Waals surface area contributed by atoms with Crippen molar-refractivity contribution in [1.29, 1.82) is 0 Å². The van der Waals surface area contributed by atoms with E-state index >= 15 is 0 Å². The first-order valence-electron chi connectivity index (χ1n) is 17.2. The molecule has 0 radical (unpaired) electrons. The van der Waals surface area contributed by atoms with Gasteiger partial charge in [0.15, 0.2) is 23.0 Å². The van der Waals surface area contributed by atoms with E-state index in [4.69, 9.17) is 34.3 Å². The zero-order chi connectivity index (χ0) is 43.7. The number of amides is 4. The van der Waals surface area contributed by atoms with Crippen LogP contribution in [0.5, 0.6) is 23.0 Å². The monoisotopic (exact) mass is 816 g/mol. The second-order valence-electron chi connectivity index (χ2n) is 11.3. The van der Waals surface area contributed by atoms with Crippen LogP contribution in [0.2, 0.25) is 0 Å². The van der Waals surface area contributed by atoms with Crippen molar-refractivity contribution in [3.63, 3.8) is 0 Å². The van der Waals surface area contributed by atoms with E-state index in [0.29, 0.717) is 45.3 Å². The first-order valence-corrected chi connectivity index (χ1v) is 17.2. The van der Waals surface area contributed by atoms with Crippen molar-refractivity contribution in [3.8, 4) is 23.0 Å². The molecule has 0 saturated carbocycles. The molecule has 4 aromatic rings. The van der Waals surface area contributed by atoms with Crippen LogP contribution in [0.1, 0.15) is 59.5 Å². The van der Waals surface area contributed by atoms with Crippen LogP contribution in [0, 0.1) is 0 Å². The fourth-order valence-corrected chi connectivity index (χ4v) is 4.34. The number of rotatable bonds is 16. The molecule has 7 N–H and O–H groups in total. The minimum absolute atomic E-state index is 0.152. The van der Waals surface area contributed by atoms with Gasteiger partial charge in [-0.25, -0.2) is 20.4 Å². The number of carboxylic acid groups (broad SMARTS) is 2. The summed E-state index contributed by atoms with van der Waals surface area (Å²) in [5.41, 5.74) is 6.69. The lowest BCUT2D eigenvalue weighted by Crippen LogP contribution is -2.34. The quantitative estimate of drug-likeness (QED) is 0.0634. The van der Waals surface area contributed by atoms with Crippen LogP contribution in [0.15, 0.2) is 95.1 Å². The summed E-state index contributed by atoms with van der Waals surface area (Å²) in [6.07, 6.45) is 2.72. The number of nitrogens with zero attached hydrogens (tertiary/aromatic N) is 2. The van der Waals surface area contributed by atoms with Gasteiger partial charge >= 0.3 is 11.9 Å². The zero-order valence-corrected chi connectivity index (χ0v) is 32.7. The van der Waals surface area contributed by atoms with E-state index in [-0.39, 0.29) is 30.8 Å². The fraction of sp³-hybridized carbons (Fsp3) is 0.200. The Morgan fingerprint density at radius 2 is 0.831 bits per heavy atom. The number of aliphatic hydroxyl groups is 1. The van der Waals surface area contributed by atoms with Crippen molar-refractivity contribution < 1.29 is 63.0 Å². The van der Waals surface area contributed by atoms with Crippen molar-refractivity contribution in [2.75, 3.05) is 48.1 Å². The molecule has 0 aromatic heterocycles. The molecule has 0 aliphatic carbocycles. The summed E-state index contributed by atoms with van der Waals surface area (Å²) < 4.78 is 20.5. The number of ether oxygens (including phenoxy) is 4. The largest absolute Gasteiger partial charge is 0.493 e. The second-order valence-corrected chi connectivity index (χ2v) is 11.3. The summed E-state index contributed by atoms with van der Waals surface area (Å²) in [6, 6.07) is 21.2. The van der Waals surface area contributed by atoms with Crippen molar-refractivity contribution in [3.05, 3.63) is 118 Å². The standard InChI is InChI=1S/2C19H19N3O6.C2H6O/c2*1-27-15-8-7-14(9-16(15)28-2)18(24)20-11-17(23)22-21-10-12-3-5-13(6-4-12)19(25)26;1-2-3/h2*3-10H,11H2,1-2H3,(H,20,24)(H,22,23)(H,25,26);3H,2H2,1H3/b2*21-10+;. The van der Waals surface area contributed by atoms with E-state index < -0.39 is 35.6 Å². The highest BCUT2D eigenvalue weighted by molar-refractivity contribution is 5.98. The van der Waals surface area contributed by atoms with Gasteiger partial charge in [0, 0.05) is 17.7 Å². The molecule has 0 spiro atoms. The maximum atomic E-state index is 12.1. The van der Waals surface area contributed by atoms with E-state index in [1.807, 2.05) is 0 Å². The van der Waals surface area contributed by atoms with Gasteiger partial charge in [-0.1, -0.05) is 24.3 Å². The molecule has 0 aliphatic rings. The Morgan fingerprint density at radius 1 is 0.525 bits per heavy atom. The average molecular weight is 817 g/mol. The van der Waals surface area contributed by atoms with Crippen LogP contribution in [-0.4, -0.2) is 111 Å². The van der Waals surface area contributed by atoms with Crippen molar-refractivity contribution in [1.82, 2.24) is 21.5 Å². The van der Waals surface area contributed by atoms with Gasteiger partial charge < -0.3 is 44.9 Å². The van der Waals surface area contributed by atoms with Crippen LogP contribution >= 0.6 is 0 Å². The minimum atomic E-state index is -1.03. The summed E-state index contributed by atoms with van der Waals surface area (Å²) in [5.74, 6) is -2.22. The number of carboxylic acids is 2. The van der Waals surface area contributed by atoms with E-state index in [9.17, 15) is 28.8 Å². The zero-order valence-electron chi connectivity index (χ0n) is 32.7. The molecule has 59 heavy (non-hydrogen) atoms. The number of hydrazone groups is 2. The summed E-state index contributed by atoms with van der Waals surface area (Å²) >= 11 is 0. The highest BCUT2D eigenvalue weighted by Gasteiger charge is 2.13. The number of hydrogen-bond acceptors (Lipinski definition) is 13. The van der Waals surface area contributed by atoms with Crippen LogP contribution in [0.25, 0.3) is 0 Å². The SMILES string of the molecule is CCO.COc1ccc(C(=O)NCC(=O)N/N=C/c2ccc(C(=O)O)cc2)cc1OC.COc1ccc(C(=O)NCC(=O)N/N=C/c2ccc(C(=O)O)cc2)cc1OC. The lowest BCUT2D eigenvalue weighted by molar-refractivity contribution is -0.120. The Hall–Kier alpha value is -7.80. The molecule has 4 rings (SSSR count). The molecule has 19 nitrogen and oxygen atoms in total. The van der Waals surface area contributed by atoms with Gasteiger partial charge in [-0.15, -0.1) is 0 Å². The number of benzene rings is 4. The molecule has 0 fully saturated rings. The topological polar surface area (TPSA) is 273 Å². The lowest BCUT2D eigenvalue weighted by Gasteiger charge is -2.09. The van der Waals surface area contributed by atoms with Crippen LogP contribution < -0.4 is 40.4 Å². The first-order chi connectivity index (χ1) is 28.3. The number of carbonyl (C=O) groups is 6. The maximum absolute atomic E-state index is 12.1. The molecule has 4 amide bonds. The molecule has 0 atom stereocenters. The van der Waals surface area contributed by atoms with Crippen LogP contribution in [0.3, 0.4) is 0 Å². The molecule has 0 unspecified atom stereocenters. The third-order valence-electron chi connectivity index (χ3n) is 7.23. The summed E-state index contributed by atoms with van der Waals surface area (Å²) in [5, 5.41) is 37.7. The summed E-state index contributed by atoms with van der Waals surface area (Å²) in [7, 11) is 5.90. The van der Waals surface area contributed by atoms with E-state index in [1.165, 1.54) is 77.3 Å². The molecule has 4 aromatic carbocycles. The van der Waals surface area contributed by atoms with E-state index in [2.05, 4.69) is 31.7 Å². The Kier molecular flexibility index (Phi) is 20.4. The number of aliphatic hydroxyl groups excluding tert-OH is 1. The predicted molar refractivity (Wildman–Crippen MR) is 215 cm³/mol. The van der Waals surface area contributed by atoms with Gasteiger partial charge in [0.1, 0.15) is 0 Å². The highest BCUT2D eigenvalue weighted by atomic mass is 16.5. The number of carbonyl (C=O) groups excluding carboxylic acids is 4. The predicted octanol–water partition coefficient (Wildman–Crippen LogP) is 2.56. The molecule has 0 saturated heterocycles. The van der Waals surface area contributed by atoms with Gasteiger partial charge in [0.05, 0.1) is 65.1 Å². The Balaban J connectivity index is 0.000000381. The molecular weight excluding hydrogens is 772 g/mol. The third-order valence-corrected chi connectivity index (χ3v) is 7.23. The molecule has 312 valence electrons.